The van der Waals surface area contributed by atoms with Gasteiger partial charge in [-0.3, -0.25) is 4.79 Å². The highest BCUT2D eigenvalue weighted by Gasteiger charge is 2.29. The minimum Gasteiger partial charge on any atom is -0.507 e. The lowest BCUT2D eigenvalue weighted by Gasteiger charge is -2.01. The summed E-state index contributed by atoms with van der Waals surface area (Å²) < 4.78 is 22.9. The molecular weight excluding hydrogens is 204 g/mol. The average Bonchev–Trinajstić information content (AvgIpc) is 2.39. The van der Waals surface area contributed by atoms with Crippen LogP contribution < -0.4 is 0 Å². The topological polar surface area (TPSA) is 71.4 Å². The summed E-state index contributed by atoms with van der Waals surface area (Å²) in [5.74, 6) is -0.324. The first kappa shape index (κ1) is 8.96. The zero-order chi connectivity index (χ0) is 10.3. The highest BCUT2D eigenvalue weighted by molar-refractivity contribution is 7.95. The SMILES string of the molecule is O=CC1=CS(=O)(=O)c2c(O)cccc21. The number of carbonyl (C=O) groups is 1. The molecule has 5 heteroatoms. The van der Waals surface area contributed by atoms with Crippen molar-refractivity contribution in [3.63, 3.8) is 0 Å². The highest BCUT2D eigenvalue weighted by Crippen LogP contribution is 2.37. The van der Waals surface area contributed by atoms with Crippen LogP contribution in [0.2, 0.25) is 0 Å². The minimum absolute atomic E-state index is 0.0795. The molecule has 0 fully saturated rings. The van der Waals surface area contributed by atoms with Crippen LogP contribution in [0.1, 0.15) is 5.56 Å². The largest absolute Gasteiger partial charge is 0.507 e. The lowest BCUT2D eigenvalue weighted by Crippen LogP contribution is -1.93. The molecule has 1 N–H and O–H groups in total. The summed E-state index contributed by atoms with van der Waals surface area (Å²) in [7, 11) is -3.64. The predicted molar refractivity (Wildman–Crippen MR) is 49.3 cm³/mol. The molecule has 0 saturated heterocycles. The van der Waals surface area contributed by atoms with E-state index in [2.05, 4.69) is 0 Å². The van der Waals surface area contributed by atoms with Crippen LogP contribution in [0.4, 0.5) is 0 Å². The Morgan fingerprint density at radius 3 is 2.64 bits per heavy atom. The Labute approximate surface area is 80.4 Å². The van der Waals surface area contributed by atoms with E-state index in [0.717, 1.165) is 5.41 Å². The van der Waals surface area contributed by atoms with Crippen LogP contribution in [0.15, 0.2) is 28.5 Å². The number of benzene rings is 1. The number of sulfone groups is 1. The fourth-order valence-electron chi connectivity index (χ4n) is 1.43. The third-order valence-electron chi connectivity index (χ3n) is 2.00. The van der Waals surface area contributed by atoms with Gasteiger partial charge in [0.25, 0.3) is 0 Å². The Morgan fingerprint density at radius 1 is 1.29 bits per heavy atom. The molecule has 0 radical (unpaired) electrons. The first-order valence-electron chi connectivity index (χ1n) is 3.80. The fraction of sp³-hybridized carbons (Fsp3) is 0. The summed E-state index contributed by atoms with van der Waals surface area (Å²) in [5.41, 5.74) is 0.343. The van der Waals surface area contributed by atoms with Crippen LogP contribution in [-0.2, 0) is 14.6 Å². The van der Waals surface area contributed by atoms with Crippen LogP contribution >= 0.6 is 0 Å². The number of hydrogen-bond acceptors (Lipinski definition) is 4. The second-order valence-corrected chi connectivity index (χ2v) is 4.62. The quantitative estimate of drug-likeness (QED) is 0.693. The van der Waals surface area contributed by atoms with Crippen molar-refractivity contribution in [2.24, 2.45) is 0 Å². The molecule has 0 bridgehead atoms. The van der Waals surface area contributed by atoms with Crippen molar-refractivity contribution in [3.8, 4) is 5.75 Å². The van der Waals surface area contributed by atoms with Crippen LogP contribution in [0.5, 0.6) is 5.75 Å². The molecule has 1 aliphatic heterocycles. The smallest absolute Gasteiger partial charge is 0.204 e. The molecule has 14 heavy (non-hydrogen) atoms. The van der Waals surface area contributed by atoms with E-state index in [-0.39, 0.29) is 21.8 Å². The van der Waals surface area contributed by atoms with Gasteiger partial charge < -0.3 is 5.11 Å². The maximum atomic E-state index is 11.4. The molecule has 0 aliphatic carbocycles. The normalized spacial score (nSPS) is 17.3. The molecule has 0 aromatic heterocycles. The van der Waals surface area contributed by atoms with Gasteiger partial charge in [-0.25, -0.2) is 8.42 Å². The van der Waals surface area contributed by atoms with E-state index in [0.29, 0.717) is 6.29 Å². The molecule has 1 aliphatic rings. The van der Waals surface area contributed by atoms with Crippen molar-refractivity contribution < 1.29 is 18.3 Å². The van der Waals surface area contributed by atoms with E-state index < -0.39 is 9.84 Å². The molecular formula is C9H6O4S. The molecule has 2 rings (SSSR count). The Bertz CT molecular complexity index is 540. The number of aldehydes is 1. The van der Waals surface area contributed by atoms with E-state index in [1.54, 1.807) is 0 Å². The van der Waals surface area contributed by atoms with Gasteiger partial charge in [0.15, 0.2) is 6.29 Å². The van der Waals surface area contributed by atoms with E-state index in [9.17, 15) is 18.3 Å². The lowest BCUT2D eigenvalue weighted by atomic mass is 10.1. The summed E-state index contributed by atoms with van der Waals surface area (Å²) in [5, 5.41) is 10.2. The molecule has 0 saturated carbocycles. The predicted octanol–water partition coefficient (Wildman–Crippen LogP) is 0.719. The van der Waals surface area contributed by atoms with Gasteiger partial charge in [-0.05, 0) is 6.07 Å². The minimum atomic E-state index is -3.64. The zero-order valence-electron chi connectivity index (χ0n) is 6.97. The first-order valence-corrected chi connectivity index (χ1v) is 5.35. The highest BCUT2D eigenvalue weighted by atomic mass is 32.2. The van der Waals surface area contributed by atoms with E-state index in [1.165, 1.54) is 18.2 Å². The van der Waals surface area contributed by atoms with Crippen LogP contribution in [0.3, 0.4) is 0 Å². The average molecular weight is 210 g/mol. The first-order chi connectivity index (χ1) is 6.56. The van der Waals surface area contributed by atoms with Crippen molar-refractivity contribution in [1.82, 2.24) is 0 Å². The standard InChI is InChI=1S/C9H6O4S/c10-4-6-5-14(12,13)9-7(6)2-1-3-8(9)11/h1-5,11H. The second kappa shape index (κ2) is 2.68. The molecule has 1 heterocycles. The Morgan fingerprint density at radius 2 is 2.00 bits per heavy atom. The third kappa shape index (κ3) is 1.06. The number of aromatic hydroxyl groups is 1. The van der Waals surface area contributed by atoms with Gasteiger partial charge in [-0.1, -0.05) is 12.1 Å². The number of allylic oxidation sites excluding steroid dienone is 1. The second-order valence-electron chi connectivity index (χ2n) is 2.89. The van der Waals surface area contributed by atoms with Gasteiger partial charge in [0, 0.05) is 16.5 Å². The fourth-order valence-corrected chi connectivity index (χ4v) is 2.92. The molecule has 72 valence electrons. The van der Waals surface area contributed by atoms with Crippen molar-refractivity contribution >= 4 is 21.7 Å². The Balaban J connectivity index is 2.88. The van der Waals surface area contributed by atoms with Crippen LogP contribution in [0, 0.1) is 0 Å². The van der Waals surface area contributed by atoms with E-state index in [4.69, 9.17) is 0 Å². The molecule has 1 aromatic rings. The number of carbonyl (C=O) groups excluding carboxylic acids is 1. The van der Waals surface area contributed by atoms with Crippen LogP contribution in [0.25, 0.3) is 5.57 Å². The van der Waals surface area contributed by atoms with Gasteiger partial charge in [0.1, 0.15) is 10.6 Å². The summed E-state index contributed by atoms with van der Waals surface area (Å²) in [4.78, 5) is 10.4. The van der Waals surface area contributed by atoms with E-state index >= 15 is 0 Å². The number of rotatable bonds is 1. The summed E-state index contributed by atoms with van der Waals surface area (Å²) in [6.45, 7) is 0. The van der Waals surface area contributed by atoms with Crippen LogP contribution in [-0.4, -0.2) is 19.8 Å². The van der Waals surface area contributed by atoms with Crippen molar-refractivity contribution in [2.45, 2.75) is 4.90 Å². The van der Waals surface area contributed by atoms with E-state index in [1.807, 2.05) is 0 Å². The molecule has 4 nitrogen and oxygen atoms in total. The number of phenolic OH excluding ortho intramolecular Hbond substituents is 1. The van der Waals surface area contributed by atoms with Gasteiger partial charge in [0.05, 0.1) is 0 Å². The number of hydrogen-bond donors (Lipinski definition) is 1. The molecule has 0 unspecified atom stereocenters. The van der Waals surface area contributed by atoms with Gasteiger partial charge in [0.2, 0.25) is 9.84 Å². The monoisotopic (exact) mass is 210 g/mol. The number of fused-ring (bicyclic) bond motifs is 1. The van der Waals surface area contributed by atoms with Gasteiger partial charge in [-0.2, -0.15) is 0 Å². The lowest BCUT2D eigenvalue weighted by molar-refractivity contribution is -0.103. The van der Waals surface area contributed by atoms with Crippen molar-refractivity contribution in [3.05, 3.63) is 29.2 Å². The molecule has 0 amide bonds. The third-order valence-corrected chi connectivity index (χ3v) is 3.56. The Hall–Kier alpha value is -1.62. The molecule has 1 aromatic carbocycles. The summed E-state index contributed by atoms with van der Waals surface area (Å²) in [6, 6.07) is 4.25. The maximum absolute atomic E-state index is 11.4. The summed E-state index contributed by atoms with van der Waals surface area (Å²) >= 11 is 0. The molecule has 0 atom stereocenters. The summed E-state index contributed by atoms with van der Waals surface area (Å²) in [6.07, 6.45) is 0.461. The van der Waals surface area contributed by atoms with Crippen molar-refractivity contribution in [2.75, 3.05) is 0 Å². The maximum Gasteiger partial charge on any atom is 0.204 e. The Kier molecular flexibility index (Phi) is 1.72. The van der Waals surface area contributed by atoms with Crippen molar-refractivity contribution in [1.29, 1.82) is 0 Å². The zero-order valence-corrected chi connectivity index (χ0v) is 7.78. The van der Waals surface area contributed by atoms with Gasteiger partial charge >= 0.3 is 0 Å². The van der Waals surface area contributed by atoms with Gasteiger partial charge in [-0.15, -0.1) is 0 Å². The molecule has 0 spiro atoms. The number of phenols is 1.